The van der Waals surface area contributed by atoms with Crippen molar-refractivity contribution < 1.29 is 0 Å². The van der Waals surface area contributed by atoms with E-state index in [1.165, 1.54) is 11.9 Å². The largest absolute Gasteiger partial charge is 0.338 e. The van der Waals surface area contributed by atoms with E-state index in [2.05, 4.69) is 65.4 Å². The molecule has 1 aromatic carbocycles. The smallest absolute Gasteiger partial charge is 0.271 e. The van der Waals surface area contributed by atoms with Crippen molar-refractivity contribution in [1.82, 2.24) is 39.7 Å². The molecule has 4 heterocycles. The van der Waals surface area contributed by atoms with Gasteiger partial charge in [0, 0.05) is 38.9 Å². The van der Waals surface area contributed by atoms with E-state index in [9.17, 15) is 0 Å². The first-order chi connectivity index (χ1) is 14.3. The van der Waals surface area contributed by atoms with Crippen molar-refractivity contribution in [1.29, 1.82) is 0 Å². The van der Waals surface area contributed by atoms with E-state index in [0.29, 0.717) is 11.5 Å². The van der Waals surface area contributed by atoms with E-state index < -0.39 is 0 Å². The van der Waals surface area contributed by atoms with Crippen LogP contribution < -0.4 is 4.90 Å². The number of fused-ring (bicyclic) bond motifs is 1. The van der Waals surface area contributed by atoms with Crippen LogP contribution in [0.5, 0.6) is 0 Å². The molecule has 29 heavy (non-hydrogen) atoms. The Morgan fingerprint density at radius 3 is 2.59 bits per heavy atom. The van der Waals surface area contributed by atoms with Crippen molar-refractivity contribution in [2.24, 2.45) is 0 Å². The van der Waals surface area contributed by atoms with Gasteiger partial charge in [-0.15, -0.1) is 10.2 Å². The second kappa shape index (κ2) is 7.51. The highest BCUT2D eigenvalue weighted by atomic mass is 15.4. The molecule has 0 unspecified atom stereocenters. The topological polar surface area (TPSA) is 88.2 Å². The quantitative estimate of drug-likeness (QED) is 0.522. The Bertz CT molecular complexity index is 1120. The lowest BCUT2D eigenvalue weighted by atomic mass is 10.2. The summed E-state index contributed by atoms with van der Waals surface area (Å²) in [5.41, 5.74) is 3.63. The zero-order valence-corrected chi connectivity index (χ0v) is 16.2. The van der Waals surface area contributed by atoms with Gasteiger partial charge >= 0.3 is 0 Å². The molecule has 0 aliphatic carbocycles. The molecule has 0 atom stereocenters. The predicted molar refractivity (Wildman–Crippen MR) is 108 cm³/mol. The van der Waals surface area contributed by atoms with Crippen LogP contribution in [0.1, 0.15) is 11.3 Å². The van der Waals surface area contributed by atoms with Crippen molar-refractivity contribution in [3.63, 3.8) is 0 Å². The molecule has 1 saturated heterocycles. The van der Waals surface area contributed by atoms with Crippen molar-refractivity contribution in [2.45, 2.75) is 13.5 Å². The van der Waals surface area contributed by atoms with Crippen molar-refractivity contribution in [3.05, 3.63) is 60.2 Å². The molecule has 0 saturated carbocycles. The van der Waals surface area contributed by atoms with Crippen LogP contribution in [-0.4, -0.2) is 65.8 Å². The predicted octanol–water partition coefficient (Wildman–Crippen LogP) is 1.61. The summed E-state index contributed by atoms with van der Waals surface area (Å²) in [7, 11) is 0. The van der Waals surface area contributed by atoms with Gasteiger partial charge in [0.05, 0.1) is 11.4 Å². The van der Waals surface area contributed by atoms with Gasteiger partial charge in [-0.1, -0.05) is 30.3 Å². The number of benzene rings is 1. The van der Waals surface area contributed by atoms with Gasteiger partial charge in [-0.05, 0) is 18.6 Å². The zero-order valence-electron chi connectivity index (χ0n) is 16.2. The van der Waals surface area contributed by atoms with Gasteiger partial charge in [-0.2, -0.15) is 14.6 Å². The Labute approximate surface area is 168 Å². The van der Waals surface area contributed by atoms with Gasteiger partial charge in [0.2, 0.25) is 5.95 Å². The summed E-state index contributed by atoms with van der Waals surface area (Å²) in [6.07, 6.45) is 3.25. The second-order valence-corrected chi connectivity index (χ2v) is 7.10. The van der Waals surface area contributed by atoms with Crippen LogP contribution >= 0.6 is 0 Å². The minimum Gasteiger partial charge on any atom is -0.338 e. The van der Waals surface area contributed by atoms with E-state index in [4.69, 9.17) is 4.98 Å². The van der Waals surface area contributed by atoms with Gasteiger partial charge in [0.1, 0.15) is 12.0 Å². The highest BCUT2D eigenvalue weighted by Gasteiger charge is 2.20. The molecule has 0 spiro atoms. The number of piperazine rings is 1. The first kappa shape index (κ1) is 17.6. The second-order valence-electron chi connectivity index (χ2n) is 7.10. The lowest BCUT2D eigenvalue weighted by Gasteiger charge is -2.34. The fourth-order valence-electron chi connectivity index (χ4n) is 3.62. The maximum Gasteiger partial charge on any atom is 0.271 e. The number of aryl methyl sites for hydroxylation is 1. The molecule has 3 aromatic heterocycles. The lowest BCUT2D eigenvalue weighted by Crippen LogP contribution is -2.46. The Morgan fingerprint density at radius 2 is 1.76 bits per heavy atom. The summed E-state index contributed by atoms with van der Waals surface area (Å²) in [6, 6.07) is 12.4. The van der Waals surface area contributed by atoms with Gasteiger partial charge in [0.25, 0.3) is 5.78 Å². The van der Waals surface area contributed by atoms with E-state index in [1.807, 2.05) is 13.0 Å². The Kier molecular flexibility index (Phi) is 4.57. The van der Waals surface area contributed by atoms with E-state index >= 15 is 0 Å². The molecule has 5 rings (SSSR count). The first-order valence-electron chi connectivity index (χ1n) is 9.65. The maximum absolute atomic E-state index is 4.76. The van der Waals surface area contributed by atoms with Crippen molar-refractivity contribution in [3.8, 4) is 11.4 Å². The molecule has 0 radical (unpaired) electrons. The molecule has 1 aliphatic rings. The molecule has 9 nitrogen and oxygen atoms in total. The maximum atomic E-state index is 4.76. The van der Waals surface area contributed by atoms with Crippen LogP contribution in [0.15, 0.2) is 48.9 Å². The van der Waals surface area contributed by atoms with E-state index in [0.717, 1.165) is 50.1 Å². The Hall–Kier alpha value is -3.46. The molecule has 146 valence electrons. The Balaban J connectivity index is 1.32. The summed E-state index contributed by atoms with van der Waals surface area (Å²) in [5.74, 6) is 1.21. The molecular weight excluding hydrogens is 366 g/mol. The Morgan fingerprint density at radius 1 is 0.931 bits per heavy atom. The molecular formula is C20H21N9. The number of hydrogen-bond acceptors (Lipinski definition) is 8. The average Bonchev–Trinajstić information content (AvgIpc) is 3.25. The number of aromatic nitrogens is 7. The van der Waals surface area contributed by atoms with Crippen LogP contribution in [0, 0.1) is 6.92 Å². The molecule has 1 aliphatic heterocycles. The monoisotopic (exact) mass is 387 g/mol. The number of nitrogens with zero attached hydrogens (tertiary/aromatic N) is 9. The minimum absolute atomic E-state index is 0.482. The lowest BCUT2D eigenvalue weighted by molar-refractivity contribution is 0.248. The molecule has 0 N–H and O–H groups in total. The number of hydrogen-bond donors (Lipinski definition) is 0. The van der Waals surface area contributed by atoms with Gasteiger partial charge < -0.3 is 4.90 Å². The highest BCUT2D eigenvalue weighted by molar-refractivity contribution is 5.58. The van der Waals surface area contributed by atoms with Crippen molar-refractivity contribution >= 4 is 11.7 Å². The molecule has 9 heteroatoms. The first-order valence-corrected chi connectivity index (χ1v) is 9.65. The highest BCUT2D eigenvalue weighted by Crippen LogP contribution is 2.21. The third kappa shape index (κ3) is 3.52. The van der Waals surface area contributed by atoms with Gasteiger partial charge in [0.15, 0.2) is 0 Å². The van der Waals surface area contributed by atoms with Crippen LogP contribution in [0.25, 0.3) is 17.2 Å². The van der Waals surface area contributed by atoms with Crippen LogP contribution in [0.3, 0.4) is 0 Å². The molecule has 4 aromatic rings. The van der Waals surface area contributed by atoms with Gasteiger partial charge in [-0.3, -0.25) is 4.90 Å². The van der Waals surface area contributed by atoms with Crippen LogP contribution in [0.4, 0.5) is 5.95 Å². The van der Waals surface area contributed by atoms with Crippen LogP contribution in [-0.2, 0) is 6.54 Å². The summed E-state index contributed by atoms with van der Waals surface area (Å²) >= 11 is 0. The van der Waals surface area contributed by atoms with E-state index in [-0.39, 0.29) is 0 Å². The summed E-state index contributed by atoms with van der Waals surface area (Å²) in [5, 5.41) is 12.6. The van der Waals surface area contributed by atoms with Gasteiger partial charge in [-0.25, -0.2) is 9.97 Å². The third-order valence-corrected chi connectivity index (χ3v) is 5.22. The van der Waals surface area contributed by atoms with E-state index in [1.54, 1.807) is 10.7 Å². The van der Waals surface area contributed by atoms with Crippen molar-refractivity contribution in [2.75, 3.05) is 31.1 Å². The minimum atomic E-state index is 0.482. The summed E-state index contributed by atoms with van der Waals surface area (Å²) in [4.78, 5) is 18.0. The average molecular weight is 387 g/mol. The zero-order chi connectivity index (χ0) is 19.6. The summed E-state index contributed by atoms with van der Waals surface area (Å²) < 4.78 is 1.67. The fraction of sp³-hybridized carbons (Fsp3) is 0.300. The van der Waals surface area contributed by atoms with Crippen LogP contribution in [0.2, 0.25) is 0 Å². The standard InChI is InChI=1S/C20H21N9/c1-15-18(25-26-20-22-14-23-29(15)20)17-7-8-21-19(24-17)28-11-9-27(10-12-28)13-16-5-3-2-4-6-16/h2-8,14H,9-13H2,1H3. The molecule has 0 amide bonds. The number of rotatable bonds is 4. The normalized spacial score (nSPS) is 15.1. The molecule has 1 fully saturated rings. The molecule has 0 bridgehead atoms. The third-order valence-electron chi connectivity index (χ3n) is 5.22. The summed E-state index contributed by atoms with van der Waals surface area (Å²) in [6.45, 7) is 6.66. The fourth-order valence-corrected chi connectivity index (χ4v) is 3.62. The SMILES string of the molecule is Cc1c(-c2ccnc(N3CCN(Cc4ccccc4)CC3)n2)nnc2ncnn12. The number of anilines is 1.